The van der Waals surface area contributed by atoms with Crippen LogP contribution in [0.25, 0.3) is 10.9 Å². The first-order valence-electron chi connectivity index (χ1n) is 7.15. The molecule has 124 valence electrons. The van der Waals surface area contributed by atoms with Gasteiger partial charge in [0.1, 0.15) is 0 Å². The number of aromatic amines is 1. The van der Waals surface area contributed by atoms with Crippen LogP contribution in [0, 0.1) is 24.0 Å². The number of para-hydroxylation sites is 1. The lowest BCUT2D eigenvalue weighted by Gasteiger charge is -2.10. The first-order chi connectivity index (χ1) is 11.3. The number of nitrogens with zero attached hydrogens (tertiary/aromatic N) is 1. The van der Waals surface area contributed by atoms with E-state index in [1.165, 1.54) is 18.2 Å². The first kappa shape index (κ1) is 16.0. The molecule has 2 aromatic carbocycles. The Morgan fingerprint density at radius 1 is 1.08 bits per heavy atom. The van der Waals surface area contributed by atoms with E-state index in [4.69, 9.17) is 0 Å². The Hall–Kier alpha value is -2.87. The highest BCUT2D eigenvalue weighted by Crippen LogP contribution is 2.31. The second kappa shape index (κ2) is 5.64. The van der Waals surface area contributed by atoms with Gasteiger partial charge in [-0.25, -0.2) is 8.42 Å². The molecule has 0 spiro atoms. The predicted octanol–water partition coefficient (Wildman–Crippen LogP) is 3.49. The number of aromatic nitrogens is 1. The summed E-state index contributed by atoms with van der Waals surface area (Å²) in [6.45, 7) is 3.86. The molecule has 0 aliphatic rings. The first-order valence-corrected chi connectivity index (χ1v) is 8.63. The van der Waals surface area contributed by atoms with Gasteiger partial charge in [0, 0.05) is 17.6 Å². The summed E-state index contributed by atoms with van der Waals surface area (Å²) in [7, 11) is -4.10. The largest absolute Gasteiger partial charge is 0.359 e. The minimum absolute atomic E-state index is 0.349. The molecule has 0 radical (unpaired) electrons. The third kappa shape index (κ3) is 2.61. The average molecular weight is 345 g/mol. The van der Waals surface area contributed by atoms with Gasteiger partial charge >= 0.3 is 0 Å². The van der Waals surface area contributed by atoms with E-state index in [0.717, 1.165) is 22.6 Å². The molecule has 3 rings (SSSR count). The van der Waals surface area contributed by atoms with Crippen molar-refractivity contribution in [1.29, 1.82) is 0 Å². The van der Waals surface area contributed by atoms with Crippen LogP contribution in [0.2, 0.25) is 0 Å². The third-order valence-corrected chi connectivity index (χ3v) is 5.25. The summed E-state index contributed by atoms with van der Waals surface area (Å²) in [5.74, 6) is 0. The number of rotatable bonds is 4. The van der Waals surface area contributed by atoms with Crippen molar-refractivity contribution < 1.29 is 13.3 Å². The average Bonchev–Trinajstić information content (AvgIpc) is 2.93. The van der Waals surface area contributed by atoms with Gasteiger partial charge in [-0.3, -0.25) is 14.8 Å². The zero-order valence-electron chi connectivity index (χ0n) is 13.0. The van der Waals surface area contributed by atoms with Crippen molar-refractivity contribution in [1.82, 2.24) is 4.98 Å². The predicted molar refractivity (Wildman–Crippen MR) is 91.7 cm³/mol. The molecule has 7 nitrogen and oxygen atoms in total. The van der Waals surface area contributed by atoms with Gasteiger partial charge in [0.05, 0.1) is 16.1 Å². The second-order valence-electron chi connectivity index (χ2n) is 5.48. The summed E-state index contributed by atoms with van der Waals surface area (Å²) in [6, 6.07) is 8.70. The van der Waals surface area contributed by atoms with Gasteiger partial charge in [-0.1, -0.05) is 18.2 Å². The smallest absolute Gasteiger partial charge is 0.289 e. The lowest BCUT2D eigenvalue weighted by Crippen LogP contribution is -2.15. The standard InChI is InChI=1S/C16H15N3O4S/c1-10-7-8-12(16-15(10)11(2)9-17-16)18-24(22,23)14-6-4-3-5-13(14)19(20)21/h3-9,17-18H,1-2H3. The molecule has 0 saturated heterocycles. The van der Waals surface area contributed by atoms with E-state index in [1.807, 2.05) is 13.8 Å². The van der Waals surface area contributed by atoms with Crippen LogP contribution >= 0.6 is 0 Å². The van der Waals surface area contributed by atoms with E-state index < -0.39 is 20.6 Å². The Labute approximate surface area is 138 Å². The van der Waals surface area contributed by atoms with E-state index in [9.17, 15) is 18.5 Å². The van der Waals surface area contributed by atoms with Crippen LogP contribution in [-0.4, -0.2) is 18.3 Å². The highest BCUT2D eigenvalue weighted by Gasteiger charge is 2.26. The molecule has 0 saturated carbocycles. The molecule has 0 fully saturated rings. The quantitative estimate of drug-likeness (QED) is 0.557. The Bertz CT molecular complexity index is 1050. The van der Waals surface area contributed by atoms with Crippen molar-refractivity contribution in [3.63, 3.8) is 0 Å². The van der Waals surface area contributed by atoms with Gasteiger partial charge < -0.3 is 4.98 Å². The van der Waals surface area contributed by atoms with Crippen molar-refractivity contribution in [2.75, 3.05) is 4.72 Å². The third-order valence-electron chi connectivity index (χ3n) is 3.84. The monoisotopic (exact) mass is 345 g/mol. The summed E-state index contributed by atoms with van der Waals surface area (Å²) in [5, 5.41) is 12.0. The van der Waals surface area contributed by atoms with Crippen LogP contribution in [-0.2, 0) is 10.0 Å². The molecule has 0 unspecified atom stereocenters. The number of hydrogen-bond acceptors (Lipinski definition) is 4. The van der Waals surface area contributed by atoms with Crippen LogP contribution in [0.5, 0.6) is 0 Å². The highest BCUT2D eigenvalue weighted by molar-refractivity contribution is 7.92. The molecule has 2 N–H and O–H groups in total. The molecule has 0 amide bonds. The topological polar surface area (TPSA) is 105 Å². The fraction of sp³-hybridized carbons (Fsp3) is 0.125. The van der Waals surface area contributed by atoms with E-state index >= 15 is 0 Å². The molecule has 1 heterocycles. The van der Waals surface area contributed by atoms with Gasteiger partial charge in [-0.2, -0.15) is 0 Å². The summed E-state index contributed by atoms with van der Waals surface area (Å²) in [4.78, 5) is 13.1. The molecule has 0 aliphatic heterocycles. The molecule has 24 heavy (non-hydrogen) atoms. The minimum atomic E-state index is -4.10. The van der Waals surface area contributed by atoms with Crippen molar-refractivity contribution in [2.24, 2.45) is 0 Å². The molecule has 1 aromatic heterocycles. The number of anilines is 1. The molecular weight excluding hydrogens is 330 g/mol. The summed E-state index contributed by atoms with van der Waals surface area (Å²) in [5.41, 5.74) is 2.54. The van der Waals surface area contributed by atoms with E-state index in [-0.39, 0.29) is 4.90 Å². The van der Waals surface area contributed by atoms with E-state index in [1.54, 1.807) is 18.3 Å². The fourth-order valence-corrected chi connectivity index (χ4v) is 3.98. The molecule has 3 aromatic rings. The van der Waals surface area contributed by atoms with Crippen molar-refractivity contribution in [3.05, 3.63) is 63.8 Å². The van der Waals surface area contributed by atoms with E-state index in [2.05, 4.69) is 9.71 Å². The molecule has 0 bridgehead atoms. The molecule has 0 atom stereocenters. The molecule has 8 heteroatoms. The number of hydrogen-bond donors (Lipinski definition) is 2. The summed E-state index contributed by atoms with van der Waals surface area (Å²) in [6.07, 6.45) is 1.79. The number of nitro groups is 1. The van der Waals surface area contributed by atoms with Gasteiger partial charge in [0.15, 0.2) is 4.90 Å². The Morgan fingerprint density at radius 3 is 2.50 bits per heavy atom. The maximum Gasteiger partial charge on any atom is 0.289 e. The van der Waals surface area contributed by atoms with Gasteiger partial charge in [0.25, 0.3) is 15.7 Å². The van der Waals surface area contributed by atoms with Gasteiger partial charge in [-0.15, -0.1) is 0 Å². The molecular formula is C16H15N3O4S. The molecule has 0 aliphatic carbocycles. The number of benzene rings is 2. The summed E-state index contributed by atoms with van der Waals surface area (Å²) >= 11 is 0. The number of fused-ring (bicyclic) bond motifs is 1. The van der Waals surface area contributed by atoms with Gasteiger partial charge in [0.2, 0.25) is 0 Å². The van der Waals surface area contributed by atoms with Crippen LogP contribution in [0.15, 0.2) is 47.5 Å². The minimum Gasteiger partial charge on any atom is -0.359 e. The van der Waals surface area contributed by atoms with Crippen molar-refractivity contribution in [3.8, 4) is 0 Å². The summed E-state index contributed by atoms with van der Waals surface area (Å²) < 4.78 is 27.7. The normalized spacial score (nSPS) is 11.6. The van der Waals surface area contributed by atoms with Crippen molar-refractivity contribution in [2.45, 2.75) is 18.7 Å². The van der Waals surface area contributed by atoms with Crippen LogP contribution < -0.4 is 4.72 Å². The lowest BCUT2D eigenvalue weighted by molar-refractivity contribution is -0.387. The highest BCUT2D eigenvalue weighted by atomic mass is 32.2. The zero-order chi connectivity index (χ0) is 17.5. The number of sulfonamides is 1. The number of nitrogens with one attached hydrogen (secondary N) is 2. The van der Waals surface area contributed by atoms with Crippen LogP contribution in [0.1, 0.15) is 11.1 Å². The fourth-order valence-electron chi connectivity index (χ4n) is 2.74. The SMILES string of the molecule is Cc1ccc(NS(=O)(=O)c2ccccc2[N+](=O)[O-])c2[nH]cc(C)c12. The van der Waals surface area contributed by atoms with Crippen LogP contribution in [0.4, 0.5) is 11.4 Å². The zero-order valence-corrected chi connectivity index (χ0v) is 13.8. The number of H-pyrrole nitrogens is 1. The van der Waals surface area contributed by atoms with Gasteiger partial charge in [-0.05, 0) is 37.1 Å². The lowest BCUT2D eigenvalue weighted by atomic mass is 10.1. The number of nitro benzene ring substituents is 1. The van der Waals surface area contributed by atoms with Crippen molar-refractivity contribution >= 4 is 32.3 Å². The van der Waals surface area contributed by atoms with Crippen LogP contribution in [0.3, 0.4) is 0 Å². The Morgan fingerprint density at radius 2 is 1.79 bits per heavy atom. The number of aryl methyl sites for hydroxylation is 2. The van der Waals surface area contributed by atoms with E-state index in [0.29, 0.717) is 11.2 Å². The Kier molecular flexibility index (Phi) is 3.76. The maximum atomic E-state index is 12.6. The maximum absolute atomic E-state index is 12.6. The second-order valence-corrected chi connectivity index (χ2v) is 7.13. The Balaban J connectivity index is 2.12.